The van der Waals surface area contributed by atoms with Gasteiger partial charge in [-0.3, -0.25) is 9.59 Å². The van der Waals surface area contributed by atoms with Crippen molar-refractivity contribution in [3.05, 3.63) is 59.1 Å². The number of piperidine rings is 1. The first-order valence-corrected chi connectivity index (χ1v) is 10.5. The molecule has 0 radical (unpaired) electrons. The van der Waals surface area contributed by atoms with Crippen LogP contribution in [-0.2, 0) is 4.79 Å². The Morgan fingerprint density at radius 1 is 1.13 bits per heavy atom. The van der Waals surface area contributed by atoms with E-state index in [1.165, 1.54) is 7.11 Å². The predicted octanol–water partition coefficient (Wildman–Crippen LogP) is 3.93. The highest BCUT2D eigenvalue weighted by atomic mass is 35.5. The van der Waals surface area contributed by atoms with Gasteiger partial charge in [-0.05, 0) is 49.6 Å². The lowest BCUT2D eigenvalue weighted by Crippen LogP contribution is -2.46. The predicted molar refractivity (Wildman–Crippen MR) is 116 cm³/mol. The van der Waals surface area contributed by atoms with E-state index in [-0.39, 0.29) is 17.9 Å². The second kappa shape index (κ2) is 10.9. The molecule has 30 heavy (non-hydrogen) atoms. The molecule has 160 valence electrons. The Labute approximate surface area is 182 Å². The molecule has 2 amide bonds. The Hall–Kier alpha value is -2.73. The van der Waals surface area contributed by atoms with Gasteiger partial charge in [-0.1, -0.05) is 29.8 Å². The smallest absolute Gasteiger partial charge is 0.257 e. The maximum absolute atomic E-state index is 12.8. The van der Waals surface area contributed by atoms with Crippen LogP contribution in [0.2, 0.25) is 5.02 Å². The number of halogens is 1. The summed E-state index contributed by atoms with van der Waals surface area (Å²) in [5, 5.41) is 3.57. The molecule has 2 aromatic rings. The molecule has 3 rings (SSSR count). The summed E-state index contributed by atoms with van der Waals surface area (Å²) in [4.78, 5) is 26.8. The Morgan fingerprint density at radius 2 is 1.87 bits per heavy atom. The van der Waals surface area contributed by atoms with Crippen LogP contribution in [0.25, 0.3) is 0 Å². The van der Waals surface area contributed by atoms with E-state index >= 15 is 0 Å². The third-order valence-corrected chi connectivity index (χ3v) is 5.33. The highest BCUT2D eigenvalue weighted by Gasteiger charge is 2.26. The van der Waals surface area contributed by atoms with Crippen LogP contribution in [0.3, 0.4) is 0 Å². The Kier molecular flexibility index (Phi) is 7.97. The molecule has 1 heterocycles. The van der Waals surface area contributed by atoms with Crippen LogP contribution >= 0.6 is 11.6 Å². The molecule has 1 saturated heterocycles. The van der Waals surface area contributed by atoms with E-state index in [9.17, 15) is 9.59 Å². The molecule has 2 aromatic carbocycles. The van der Waals surface area contributed by atoms with Crippen molar-refractivity contribution in [2.24, 2.45) is 0 Å². The van der Waals surface area contributed by atoms with Crippen molar-refractivity contribution in [1.29, 1.82) is 0 Å². The lowest BCUT2D eigenvalue weighted by atomic mass is 10.0. The molecule has 0 bridgehead atoms. The number of rotatable bonds is 8. The van der Waals surface area contributed by atoms with Crippen molar-refractivity contribution in [3.63, 3.8) is 0 Å². The summed E-state index contributed by atoms with van der Waals surface area (Å²) >= 11 is 6.04. The summed E-state index contributed by atoms with van der Waals surface area (Å²) in [6.07, 6.45) is 2.53. The van der Waals surface area contributed by atoms with E-state index in [2.05, 4.69) is 5.32 Å². The van der Waals surface area contributed by atoms with Crippen molar-refractivity contribution in [1.82, 2.24) is 10.2 Å². The van der Waals surface area contributed by atoms with E-state index in [0.717, 1.165) is 18.6 Å². The average molecular weight is 431 g/mol. The van der Waals surface area contributed by atoms with E-state index in [4.69, 9.17) is 21.1 Å². The fourth-order valence-corrected chi connectivity index (χ4v) is 3.66. The van der Waals surface area contributed by atoms with Gasteiger partial charge in [0.1, 0.15) is 11.5 Å². The van der Waals surface area contributed by atoms with Crippen LogP contribution in [-0.4, -0.2) is 49.6 Å². The molecule has 0 unspecified atom stereocenters. The number of nitrogens with one attached hydrogen (secondary N) is 1. The van der Waals surface area contributed by atoms with Crippen LogP contribution in [0, 0.1) is 0 Å². The lowest BCUT2D eigenvalue weighted by molar-refractivity contribution is -0.122. The SMILES string of the molecule is COc1ccc(Cl)cc1C(=O)N1CCC(NC(=O)CCCOc2ccccc2)CC1. The number of methoxy groups -OCH3 is 1. The lowest BCUT2D eigenvalue weighted by Gasteiger charge is -2.32. The van der Waals surface area contributed by atoms with Gasteiger partial charge in [-0.25, -0.2) is 0 Å². The van der Waals surface area contributed by atoms with E-state index in [1.54, 1.807) is 23.1 Å². The molecule has 1 N–H and O–H groups in total. The minimum atomic E-state index is -0.0998. The fourth-order valence-electron chi connectivity index (χ4n) is 3.48. The number of hydrogen-bond donors (Lipinski definition) is 1. The fraction of sp³-hybridized carbons (Fsp3) is 0.391. The number of ether oxygens (including phenoxy) is 2. The van der Waals surface area contributed by atoms with Crippen LogP contribution in [0.1, 0.15) is 36.0 Å². The molecule has 1 aliphatic rings. The molecule has 0 saturated carbocycles. The number of carbonyl (C=O) groups excluding carboxylic acids is 2. The quantitative estimate of drug-likeness (QED) is 0.644. The largest absolute Gasteiger partial charge is 0.496 e. The van der Waals surface area contributed by atoms with Gasteiger partial charge >= 0.3 is 0 Å². The monoisotopic (exact) mass is 430 g/mol. The van der Waals surface area contributed by atoms with E-state index in [0.29, 0.717) is 48.9 Å². The zero-order valence-corrected chi connectivity index (χ0v) is 17.9. The van der Waals surface area contributed by atoms with Crippen molar-refractivity contribution in [2.45, 2.75) is 31.7 Å². The molecular formula is C23H27ClN2O4. The molecule has 1 fully saturated rings. The van der Waals surface area contributed by atoms with Crippen molar-refractivity contribution >= 4 is 23.4 Å². The number of carbonyl (C=O) groups is 2. The first-order valence-electron chi connectivity index (χ1n) is 10.2. The number of benzene rings is 2. The minimum Gasteiger partial charge on any atom is -0.496 e. The van der Waals surface area contributed by atoms with Gasteiger partial charge in [0.2, 0.25) is 5.91 Å². The summed E-state index contributed by atoms with van der Waals surface area (Å²) in [6.45, 7) is 1.67. The summed E-state index contributed by atoms with van der Waals surface area (Å²) in [5.74, 6) is 1.24. The van der Waals surface area contributed by atoms with E-state index in [1.807, 2.05) is 30.3 Å². The van der Waals surface area contributed by atoms with Gasteiger partial charge in [0.15, 0.2) is 0 Å². The summed E-state index contributed by atoms with van der Waals surface area (Å²) in [5.41, 5.74) is 0.464. The Balaban J connectivity index is 1.39. The summed E-state index contributed by atoms with van der Waals surface area (Å²) < 4.78 is 10.9. The molecule has 7 heteroatoms. The van der Waals surface area contributed by atoms with Crippen molar-refractivity contribution < 1.29 is 19.1 Å². The van der Waals surface area contributed by atoms with Crippen LogP contribution in [0.5, 0.6) is 11.5 Å². The number of likely N-dealkylation sites (tertiary alicyclic amines) is 1. The van der Waals surface area contributed by atoms with Crippen LogP contribution in [0.15, 0.2) is 48.5 Å². The standard InChI is InChI=1S/C23H27ClN2O4/c1-29-21-10-9-17(24)16-20(21)23(28)26-13-11-18(12-14-26)25-22(27)8-5-15-30-19-6-3-2-4-7-19/h2-4,6-7,9-10,16,18H,5,8,11-15H2,1H3,(H,25,27). The number of para-hydroxylation sites is 1. The summed E-state index contributed by atoms with van der Waals surface area (Å²) in [7, 11) is 1.53. The number of hydrogen-bond acceptors (Lipinski definition) is 4. The Bertz CT molecular complexity index is 852. The zero-order valence-electron chi connectivity index (χ0n) is 17.1. The number of amides is 2. The van der Waals surface area contributed by atoms with Gasteiger partial charge in [0.25, 0.3) is 5.91 Å². The third-order valence-electron chi connectivity index (χ3n) is 5.10. The highest BCUT2D eigenvalue weighted by molar-refractivity contribution is 6.31. The van der Waals surface area contributed by atoms with Gasteiger partial charge in [-0.2, -0.15) is 0 Å². The maximum atomic E-state index is 12.8. The number of nitrogens with zero attached hydrogens (tertiary/aromatic N) is 1. The Morgan fingerprint density at radius 3 is 2.57 bits per heavy atom. The topological polar surface area (TPSA) is 67.9 Å². The van der Waals surface area contributed by atoms with Crippen molar-refractivity contribution in [3.8, 4) is 11.5 Å². The second-order valence-electron chi connectivity index (χ2n) is 7.24. The maximum Gasteiger partial charge on any atom is 0.257 e. The molecule has 0 atom stereocenters. The second-order valence-corrected chi connectivity index (χ2v) is 7.68. The van der Waals surface area contributed by atoms with Gasteiger partial charge in [0.05, 0.1) is 19.3 Å². The molecule has 0 aliphatic carbocycles. The normalized spacial score (nSPS) is 14.3. The molecule has 0 spiro atoms. The van der Waals surface area contributed by atoms with Crippen LogP contribution < -0.4 is 14.8 Å². The van der Waals surface area contributed by atoms with Gasteiger partial charge < -0.3 is 19.7 Å². The molecule has 1 aliphatic heterocycles. The van der Waals surface area contributed by atoms with Crippen LogP contribution in [0.4, 0.5) is 0 Å². The third kappa shape index (κ3) is 6.13. The first-order chi connectivity index (χ1) is 14.6. The highest BCUT2D eigenvalue weighted by Crippen LogP contribution is 2.25. The minimum absolute atomic E-state index is 0.0212. The van der Waals surface area contributed by atoms with Crippen molar-refractivity contribution in [2.75, 3.05) is 26.8 Å². The van der Waals surface area contributed by atoms with Gasteiger partial charge in [0, 0.05) is 30.6 Å². The average Bonchev–Trinajstić information content (AvgIpc) is 2.77. The zero-order chi connectivity index (χ0) is 21.3. The molecule has 6 nitrogen and oxygen atoms in total. The summed E-state index contributed by atoms with van der Waals surface area (Å²) in [6, 6.07) is 14.7. The molecule has 0 aromatic heterocycles. The van der Waals surface area contributed by atoms with E-state index < -0.39 is 0 Å². The molecular weight excluding hydrogens is 404 g/mol. The van der Waals surface area contributed by atoms with Gasteiger partial charge in [-0.15, -0.1) is 0 Å². The first kappa shape index (κ1) is 22.0.